The van der Waals surface area contributed by atoms with Crippen molar-refractivity contribution >= 4 is 0 Å². The van der Waals surface area contributed by atoms with Crippen LogP contribution in [0.25, 0.3) is 0 Å². The molecule has 1 heterocycles. The second-order valence-electron chi connectivity index (χ2n) is 5.16. The molecule has 98 valence electrons. The number of hydrogen-bond donors (Lipinski definition) is 2. The maximum absolute atomic E-state index is 9.50. The number of fused-ring (bicyclic) bond motifs is 1. The van der Waals surface area contributed by atoms with Gasteiger partial charge >= 0.3 is 0 Å². The van der Waals surface area contributed by atoms with E-state index in [2.05, 4.69) is 17.2 Å². The van der Waals surface area contributed by atoms with Gasteiger partial charge in [0.2, 0.25) is 0 Å². The van der Waals surface area contributed by atoms with E-state index in [1.54, 1.807) is 6.07 Å². The Kier molecular flexibility index (Phi) is 3.22. The standard InChI is InChI=1S/C16H18N2O/c1-11-6-7-17-9-13(11)10-18-16-5-2-12-8-14(19)3-4-15(12)16/h3-4,6-9,16,18-19H,2,5,10H2,1H3. The zero-order chi connectivity index (χ0) is 13.2. The predicted octanol–water partition coefficient (Wildman–Crippen LogP) is 2.87. The lowest BCUT2D eigenvalue weighted by atomic mass is 10.1. The van der Waals surface area contributed by atoms with Crippen LogP contribution in [0.3, 0.4) is 0 Å². The maximum atomic E-state index is 9.50. The van der Waals surface area contributed by atoms with Gasteiger partial charge in [0.05, 0.1) is 0 Å². The van der Waals surface area contributed by atoms with Crippen LogP contribution in [-0.2, 0) is 13.0 Å². The van der Waals surface area contributed by atoms with Crippen LogP contribution in [0.2, 0.25) is 0 Å². The lowest BCUT2D eigenvalue weighted by molar-refractivity contribution is 0.474. The number of aryl methyl sites for hydroxylation is 2. The summed E-state index contributed by atoms with van der Waals surface area (Å²) in [6.45, 7) is 2.95. The van der Waals surface area contributed by atoms with E-state index in [-0.39, 0.29) is 0 Å². The largest absolute Gasteiger partial charge is 0.508 e. The Morgan fingerprint density at radius 3 is 3.11 bits per heavy atom. The molecular formula is C16H18N2O. The average molecular weight is 254 g/mol. The highest BCUT2D eigenvalue weighted by atomic mass is 16.3. The number of hydrogen-bond acceptors (Lipinski definition) is 3. The molecule has 0 saturated carbocycles. The van der Waals surface area contributed by atoms with Crippen molar-refractivity contribution in [1.29, 1.82) is 0 Å². The van der Waals surface area contributed by atoms with Gasteiger partial charge in [-0.2, -0.15) is 0 Å². The lowest BCUT2D eigenvalue weighted by Crippen LogP contribution is -2.19. The van der Waals surface area contributed by atoms with E-state index in [1.165, 1.54) is 22.3 Å². The summed E-state index contributed by atoms with van der Waals surface area (Å²) < 4.78 is 0. The first kappa shape index (κ1) is 12.2. The van der Waals surface area contributed by atoms with Gasteiger partial charge in [0.15, 0.2) is 0 Å². The fourth-order valence-corrected chi connectivity index (χ4v) is 2.73. The maximum Gasteiger partial charge on any atom is 0.115 e. The van der Waals surface area contributed by atoms with Gasteiger partial charge in [-0.1, -0.05) is 6.07 Å². The highest BCUT2D eigenvalue weighted by Crippen LogP contribution is 2.33. The summed E-state index contributed by atoms with van der Waals surface area (Å²) in [6, 6.07) is 8.11. The minimum Gasteiger partial charge on any atom is -0.508 e. The summed E-state index contributed by atoms with van der Waals surface area (Å²) in [5.41, 5.74) is 5.10. The molecule has 3 rings (SSSR count). The van der Waals surface area contributed by atoms with Crippen molar-refractivity contribution in [2.24, 2.45) is 0 Å². The molecule has 3 nitrogen and oxygen atoms in total. The number of aromatic hydroxyl groups is 1. The zero-order valence-corrected chi connectivity index (χ0v) is 11.1. The fourth-order valence-electron chi connectivity index (χ4n) is 2.73. The Hall–Kier alpha value is -1.87. The van der Waals surface area contributed by atoms with Crippen LogP contribution in [0.4, 0.5) is 0 Å². The van der Waals surface area contributed by atoms with Gasteiger partial charge in [-0.15, -0.1) is 0 Å². The van der Waals surface area contributed by atoms with Crippen molar-refractivity contribution in [3.63, 3.8) is 0 Å². The van der Waals surface area contributed by atoms with E-state index in [4.69, 9.17) is 0 Å². The topological polar surface area (TPSA) is 45.2 Å². The number of nitrogens with zero attached hydrogens (tertiary/aromatic N) is 1. The quantitative estimate of drug-likeness (QED) is 0.885. The van der Waals surface area contributed by atoms with E-state index in [0.717, 1.165) is 19.4 Å². The summed E-state index contributed by atoms with van der Waals surface area (Å²) in [6.07, 6.45) is 5.88. The van der Waals surface area contributed by atoms with Gasteiger partial charge < -0.3 is 10.4 Å². The second-order valence-corrected chi connectivity index (χ2v) is 5.16. The van der Waals surface area contributed by atoms with Crippen molar-refractivity contribution in [2.75, 3.05) is 0 Å². The molecule has 0 amide bonds. The molecule has 1 aliphatic carbocycles. The number of nitrogens with one attached hydrogen (secondary N) is 1. The Morgan fingerprint density at radius 1 is 1.37 bits per heavy atom. The highest BCUT2D eigenvalue weighted by molar-refractivity contribution is 5.40. The first-order valence-corrected chi connectivity index (χ1v) is 6.68. The summed E-state index contributed by atoms with van der Waals surface area (Å²) in [7, 11) is 0. The predicted molar refractivity (Wildman–Crippen MR) is 75.0 cm³/mol. The third-order valence-electron chi connectivity index (χ3n) is 3.89. The van der Waals surface area contributed by atoms with E-state index in [0.29, 0.717) is 11.8 Å². The molecule has 2 N–H and O–H groups in total. The molecule has 3 heteroatoms. The SMILES string of the molecule is Cc1ccncc1CNC1CCc2cc(O)ccc21. The van der Waals surface area contributed by atoms with Crippen molar-refractivity contribution in [3.05, 3.63) is 58.9 Å². The van der Waals surface area contributed by atoms with E-state index < -0.39 is 0 Å². The lowest BCUT2D eigenvalue weighted by Gasteiger charge is -2.15. The van der Waals surface area contributed by atoms with Crippen LogP contribution in [0.5, 0.6) is 5.75 Å². The number of benzene rings is 1. The van der Waals surface area contributed by atoms with Crippen LogP contribution >= 0.6 is 0 Å². The average Bonchev–Trinajstić information content (AvgIpc) is 2.80. The number of phenols is 1. The van der Waals surface area contributed by atoms with Gasteiger partial charge in [0.25, 0.3) is 0 Å². The first-order valence-electron chi connectivity index (χ1n) is 6.68. The molecule has 0 spiro atoms. The van der Waals surface area contributed by atoms with Crippen molar-refractivity contribution in [2.45, 2.75) is 32.4 Å². The third kappa shape index (κ3) is 2.47. The zero-order valence-electron chi connectivity index (χ0n) is 11.1. The van der Waals surface area contributed by atoms with Crippen molar-refractivity contribution in [3.8, 4) is 5.75 Å². The Morgan fingerprint density at radius 2 is 2.26 bits per heavy atom. The van der Waals surface area contributed by atoms with Gasteiger partial charge in [-0.3, -0.25) is 4.98 Å². The monoisotopic (exact) mass is 254 g/mol. The smallest absolute Gasteiger partial charge is 0.115 e. The first-order chi connectivity index (χ1) is 9.24. The van der Waals surface area contributed by atoms with Crippen molar-refractivity contribution in [1.82, 2.24) is 10.3 Å². The molecule has 1 aromatic carbocycles. The third-order valence-corrected chi connectivity index (χ3v) is 3.89. The Balaban J connectivity index is 1.72. The van der Waals surface area contributed by atoms with Crippen molar-refractivity contribution < 1.29 is 5.11 Å². The molecule has 0 fully saturated rings. The highest BCUT2D eigenvalue weighted by Gasteiger charge is 2.22. The molecule has 2 aromatic rings. The summed E-state index contributed by atoms with van der Waals surface area (Å²) >= 11 is 0. The number of rotatable bonds is 3. The molecule has 0 saturated heterocycles. The van der Waals surface area contributed by atoms with Gasteiger partial charge in [0.1, 0.15) is 5.75 Å². The van der Waals surface area contributed by atoms with Crippen LogP contribution in [0.1, 0.15) is 34.7 Å². The van der Waals surface area contributed by atoms with Crippen LogP contribution in [0, 0.1) is 6.92 Å². The molecule has 1 unspecified atom stereocenters. The molecular weight excluding hydrogens is 236 g/mol. The summed E-state index contributed by atoms with van der Waals surface area (Å²) in [4.78, 5) is 4.17. The fraction of sp³-hybridized carbons (Fsp3) is 0.312. The van der Waals surface area contributed by atoms with Crippen LogP contribution in [-0.4, -0.2) is 10.1 Å². The van der Waals surface area contributed by atoms with Crippen LogP contribution in [0.15, 0.2) is 36.7 Å². The minimum atomic E-state index is 0.363. The number of pyridine rings is 1. The number of phenolic OH excluding ortho intramolecular Hbond substituents is 1. The summed E-state index contributed by atoms with van der Waals surface area (Å²) in [5, 5.41) is 13.1. The molecule has 1 aliphatic rings. The second kappa shape index (κ2) is 5.02. The molecule has 19 heavy (non-hydrogen) atoms. The van der Waals surface area contributed by atoms with E-state index in [9.17, 15) is 5.11 Å². The molecule has 1 atom stereocenters. The van der Waals surface area contributed by atoms with E-state index >= 15 is 0 Å². The van der Waals surface area contributed by atoms with Crippen LogP contribution < -0.4 is 5.32 Å². The molecule has 0 radical (unpaired) electrons. The number of aromatic nitrogens is 1. The Labute approximate surface area is 113 Å². The normalized spacial score (nSPS) is 17.4. The minimum absolute atomic E-state index is 0.363. The molecule has 0 aliphatic heterocycles. The van der Waals surface area contributed by atoms with Gasteiger partial charge in [-0.05, 0) is 60.2 Å². The van der Waals surface area contributed by atoms with E-state index in [1.807, 2.05) is 30.6 Å². The van der Waals surface area contributed by atoms with Gasteiger partial charge in [-0.25, -0.2) is 0 Å². The van der Waals surface area contributed by atoms with Gasteiger partial charge in [0, 0.05) is 25.0 Å². The molecule has 1 aromatic heterocycles. The molecule has 0 bridgehead atoms. The Bertz CT molecular complexity index is 595. The summed E-state index contributed by atoms with van der Waals surface area (Å²) in [5.74, 6) is 0.363.